The minimum absolute atomic E-state index is 0.0339. The molecule has 0 radical (unpaired) electrons. The van der Waals surface area contributed by atoms with Gasteiger partial charge in [0.2, 0.25) is 0 Å². The molecular formula is C12H15N3O5S. The molecule has 21 heavy (non-hydrogen) atoms. The summed E-state index contributed by atoms with van der Waals surface area (Å²) in [6.45, 7) is 1.66. The van der Waals surface area contributed by atoms with Crippen LogP contribution in [-0.4, -0.2) is 36.3 Å². The number of hydrogen-bond donors (Lipinski definition) is 2. The lowest BCUT2D eigenvalue weighted by molar-refractivity contribution is -0.383. The van der Waals surface area contributed by atoms with Gasteiger partial charge in [0.05, 0.1) is 22.0 Å². The van der Waals surface area contributed by atoms with Gasteiger partial charge in [-0.1, -0.05) is 0 Å². The third-order valence-corrected chi connectivity index (χ3v) is 5.31. The first-order valence-electron chi connectivity index (χ1n) is 6.19. The number of anilines is 1. The molecule has 1 amide bonds. The van der Waals surface area contributed by atoms with Crippen molar-refractivity contribution in [2.45, 2.75) is 18.9 Å². The topological polar surface area (TPSA) is 132 Å². The zero-order valence-electron chi connectivity index (χ0n) is 11.3. The first kappa shape index (κ1) is 15.2. The van der Waals surface area contributed by atoms with Crippen molar-refractivity contribution >= 4 is 27.1 Å². The van der Waals surface area contributed by atoms with Gasteiger partial charge in [-0.15, -0.1) is 0 Å². The molecule has 1 atom stereocenters. The molecule has 0 aliphatic carbocycles. The number of nitro groups is 1. The van der Waals surface area contributed by atoms with Crippen molar-refractivity contribution in [2.24, 2.45) is 0 Å². The fourth-order valence-corrected chi connectivity index (χ4v) is 4.41. The molecule has 0 bridgehead atoms. The second kappa shape index (κ2) is 4.99. The van der Waals surface area contributed by atoms with E-state index in [0.29, 0.717) is 6.42 Å². The Balaban J connectivity index is 2.18. The molecule has 2 rings (SSSR count). The van der Waals surface area contributed by atoms with Crippen LogP contribution in [0.4, 0.5) is 11.4 Å². The lowest BCUT2D eigenvalue weighted by Gasteiger charge is -2.23. The number of nitrogens with one attached hydrogen (secondary N) is 1. The maximum Gasteiger partial charge on any atom is 0.292 e. The molecule has 1 aromatic rings. The molecule has 114 valence electrons. The number of hydrogen-bond acceptors (Lipinski definition) is 6. The van der Waals surface area contributed by atoms with Crippen LogP contribution in [0.25, 0.3) is 0 Å². The number of rotatable bonds is 3. The van der Waals surface area contributed by atoms with Crippen molar-refractivity contribution in [3.05, 3.63) is 33.9 Å². The first-order chi connectivity index (χ1) is 9.62. The summed E-state index contributed by atoms with van der Waals surface area (Å²) in [6, 6.07) is 3.65. The van der Waals surface area contributed by atoms with Gasteiger partial charge in [0.15, 0.2) is 9.84 Å². The summed E-state index contributed by atoms with van der Waals surface area (Å²) >= 11 is 0. The van der Waals surface area contributed by atoms with Crippen LogP contribution in [0, 0.1) is 10.1 Å². The average molecular weight is 313 g/mol. The summed E-state index contributed by atoms with van der Waals surface area (Å²) < 4.78 is 23.0. The van der Waals surface area contributed by atoms with E-state index in [-0.39, 0.29) is 28.4 Å². The highest BCUT2D eigenvalue weighted by Gasteiger charge is 2.39. The Labute approximate surface area is 121 Å². The summed E-state index contributed by atoms with van der Waals surface area (Å²) in [5, 5.41) is 13.3. The predicted octanol–water partition coefficient (Wildman–Crippen LogP) is 0.484. The molecule has 0 saturated carbocycles. The highest BCUT2D eigenvalue weighted by Crippen LogP contribution is 2.25. The lowest BCUT2D eigenvalue weighted by Crippen LogP contribution is -2.46. The van der Waals surface area contributed by atoms with E-state index < -0.39 is 26.2 Å². The Kier molecular flexibility index (Phi) is 3.62. The van der Waals surface area contributed by atoms with Gasteiger partial charge >= 0.3 is 0 Å². The third-order valence-electron chi connectivity index (χ3n) is 3.41. The molecule has 0 spiro atoms. The van der Waals surface area contributed by atoms with Crippen LogP contribution in [0.5, 0.6) is 0 Å². The standard InChI is InChI=1S/C12H15N3O5S/c1-12(4-5-21(19,20)7-12)14-11(16)8-2-3-10(15(17)18)9(13)6-8/h2-3,6H,4-5,7,13H2,1H3,(H,14,16). The minimum Gasteiger partial charge on any atom is -0.393 e. The van der Waals surface area contributed by atoms with Gasteiger partial charge in [0, 0.05) is 11.6 Å². The number of sulfone groups is 1. The molecule has 1 saturated heterocycles. The first-order valence-corrected chi connectivity index (χ1v) is 8.01. The molecule has 9 heteroatoms. The van der Waals surface area contributed by atoms with Crippen LogP contribution in [0.15, 0.2) is 18.2 Å². The summed E-state index contributed by atoms with van der Waals surface area (Å²) in [6.07, 6.45) is 0.337. The van der Waals surface area contributed by atoms with Crippen molar-refractivity contribution in [2.75, 3.05) is 17.2 Å². The van der Waals surface area contributed by atoms with Crippen molar-refractivity contribution in [1.29, 1.82) is 0 Å². The molecule has 1 aliphatic heterocycles. The Morgan fingerprint density at radius 2 is 2.14 bits per heavy atom. The summed E-state index contributed by atoms with van der Waals surface area (Å²) in [5.74, 6) is -0.586. The zero-order valence-corrected chi connectivity index (χ0v) is 12.1. The van der Waals surface area contributed by atoms with Gasteiger partial charge in [-0.3, -0.25) is 14.9 Å². The van der Waals surface area contributed by atoms with E-state index in [1.54, 1.807) is 6.92 Å². The van der Waals surface area contributed by atoms with Crippen molar-refractivity contribution < 1.29 is 18.1 Å². The molecule has 1 heterocycles. The molecule has 1 aromatic carbocycles. The number of carbonyl (C=O) groups excluding carboxylic acids is 1. The molecule has 8 nitrogen and oxygen atoms in total. The highest BCUT2D eigenvalue weighted by molar-refractivity contribution is 7.91. The monoisotopic (exact) mass is 313 g/mol. The minimum atomic E-state index is -3.14. The lowest BCUT2D eigenvalue weighted by atomic mass is 10.0. The fraction of sp³-hybridized carbons (Fsp3) is 0.417. The van der Waals surface area contributed by atoms with Gasteiger partial charge in [-0.2, -0.15) is 0 Å². The number of nitro benzene ring substituents is 1. The van der Waals surface area contributed by atoms with Gasteiger partial charge < -0.3 is 11.1 Å². The Morgan fingerprint density at radius 3 is 2.62 bits per heavy atom. The number of amides is 1. The maximum atomic E-state index is 12.1. The third kappa shape index (κ3) is 3.30. The van der Waals surface area contributed by atoms with Gasteiger partial charge in [-0.05, 0) is 25.5 Å². The zero-order chi connectivity index (χ0) is 15.8. The maximum absolute atomic E-state index is 12.1. The van der Waals surface area contributed by atoms with E-state index >= 15 is 0 Å². The molecule has 0 aromatic heterocycles. The van der Waals surface area contributed by atoms with E-state index in [2.05, 4.69) is 5.32 Å². The van der Waals surface area contributed by atoms with Crippen LogP contribution in [0.2, 0.25) is 0 Å². The molecule has 1 unspecified atom stereocenters. The number of benzene rings is 1. The number of nitrogens with zero attached hydrogens (tertiary/aromatic N) is 1. The Bertz CT molecular complexity index is 716. The van der Waals surface area contributed by atoms with E-state index in [9.17, 15) is 23.3 Å². The van der Waals surface area contributed by atoms with E-state index in [0.717, 1.165) is 6.07 Å². The second-order valence-corrected chi connectivity index (χ2v) is 7.57. The Morgan fingerprint density at radius 1 is 1.48 bits per heavy atom. The molecule has 1 fully saturated rings. The normalized spacial score (nSPS) is 23.7. The van der Waals surface area contributed by atoms with E-state index in [1.807, 2.05) is 0 Å². The van der Waals surface area contributed by atoms with Gasteiger partial charge in [0.25, 0.3) is 11.6 Å². The quantitative estimate of drug-likeness (QED) is 0.474. The smallest absolute Gasteiger partial charge is 0.292 e. The van der Waals surface area contributed by atoms with Crippen molar-refractivity contribution in [3.8, 4) is 0 Å². The average Bonchev–Trinajstić information content (AvgIpc) is 2.62. The summed E-state index contributed by atoms with van der Waals surface area (Å²) in [4.78, 5) is 22.1. The van der Waals surface area contributed by atoms with Crippen molar-refractivity contribution in [3.63, 3.8) is 0 Å². The van der Waals surface area contributed by atoms with Gasteiger partial charge in [0.1, 0.15) is 5.69 Å². The number of carbonyl (C=O) groups is 1. The van der Waals surface area contributed by atoms with Crippen LogP contribution in [0.1, 0.15) is 23.7 Å². The largest absolute Gasteiger partial charge is 0.393 e. The van der Waals surface area contributed by atoms with Crippen LogP contribution < -0.4 is 11.1 Å². The molecular weight excluding hydrogens is 298 g/mol. The van der Waals surface area contributed by atoms with E-state index in [4.69, 9.17) is 5.73 Å². The highest BCUT2D eigenvalue weighted by atomic mass is 32.2. The summed E-state index contributed by atoms with van der Waals surface area (Å²) in [7, 11) is -3.14. The van der Waals surface area contributed by atoms with Crippen LogP contribution in [0.3, 0.4) is 0 Å². The molecule has 1 aliphatic rings. The predicted molar refractivity (Wildman–Crippen MR) is 76.7 cm³/mol. The van der Waals surface area contributed by atoms with Crippen LogP contribution in [-0.2, 0) is 9.84 Å². The number of nitrogens with two attached hydrogens (primary N) is 1. The second-order valence-electron chi connectivity index (χ2n) is 5.39. The van der Waals surface area contributed by atoms with Crippen molar-refractivity contribution in [1.82, 2.24) is 5.32 Å². The number of nitrogen functional groups attached to an aromatic ring is 1. The Hall–Kier alpha value is -2.16. The van der Waals surface area contributed by atoms with E-state index in [1.165, 1.54) is 12.1 Å². The SMILES string of the molecule is CC1(NC(=O)c2ccc([N+](=O)[O-])c(N)c2)CCS(=O)(=O)C1. The van der Waals surface area contributed by atoms with Gasteiger partial charge in [-0.25, -0.2) is 8.42 Å². The van der Waals surface area contributed by atoms with Crippen LogP contribution >= 0.6 is 0 Å². The summed E-state index contributed by atoms with van der Waals surface area (Å²) in [5.41, 5.74) is 4.47. The fourth-order valence-electron chi connectivity index (χ4n) is 2.32. The molecule has 3 N–H and O–H groups in total.